The number of aromatic nitrogens is 2. The summed E-state index contributed by atoms with van der Waals surface area (Å²) in [6.45, 7) is 4.00. The maximum Gasteiger partial charge on any atom is 0.393 e. The number of anilines is 2. The van der Waals surface area contributed by atoms with Gasteiger partial charge in [0, 0.05) is 13.1 Å². The summed E-state index contributed by atoms with van der Waals surface area (Å²) in [5.74, 6) is -0.825. The highest BCUT2D eigenvalue weighted by molar-refractivity contribution is 5.67. The molecular weight excluding hydrogens is 285 g/mol. The molecule has 1 fully saturated rings. The van der Waals surface area contributed by atoms with Crippen LogP contribution in [0.1, 0.15) is 26.7 Å². The number of hydrogen-bond acceptors (Lipinski definition) is 5. The maximum atomic E-state index is 12.9. The Morgan fingerprint density at radius 2 is 2.10 bits per heavy atom. The zero-order chi connectivity index (χ0) is 15.6. The predicted octanol–water partition coefficient (Wildman–Crippen LogP) is 2.62. The van der Waals surface area contributed by atoms with Crippen LogP contribution in [0, 0.1) is 5.92 Å². The van der Waals surface area contributed by atoms with Crippen LogP contribution in [0.25, 0.3) is 0 Å². The Morgan fingerprint density at radius 1 is 1.38 bits per heavy atom. The molecule has 2 rings (SSSR count). The number of nitrogen functional groups attached to an aromatic ring is 1. The first-order chi connectivity index (χ1) is 9.79. The van der Waals surface area contributed by atoms with E-state index in [-0.39, 0.29) is 30.6 Å². The largest absolute Gasteiger partial charge is 0.473 e. The summed E-state index contributed by atoms with van der Waals surface area (Å²) >= 11 is 0. The van der Waals surface area contributed by atoms with E-state index >= 15 is 0 Å². The first kappa shape index (κ1) is 15.7. The van der Waals surface area contributed by atoms with Gasteiger partial charge in [-0.25, -0.2) is 4.98 Å². The van der Waals surface area contributed by atoms with Crippen molar-refractivity contribution in [1.82, 2.24) is 9.97 Å². The SMILES string of the molecule is CC(C)Oc1ncnc(N2CCCC(C(F)(F)F)C2)c1N. The van der Waals surface area contributed by atoms with E-state index in [1.807, 2.05) is 13.8 Å². The predicted molar refractivity (Wildman–Crippen MR) is 73.2 cm³/mol. The molecule has 1 aromatic heterocycles. The summed E-state index contributed by atoms with van der Waals surface area (Å²) in [5.41, 5.74) is 6.13. The van der Waals surface area contributed by atoms with Gasteiger partial charge in [0.05, 0.1) is 12.0 Å². The minimum absolute atomic E-state index is 0.126. The van der Waals surface area contributed by atoms with Crippen LogP contribution in [0.4, 0.5) is 24.7 Å². The van der Waals surface area contributed by atoms with E-state index in [1.165, 1.54) is 6.33 Å². The van der Waals surface area contributed by atoms with Gasteiger partial charge in [-0.05, 0) is 26.7 Å². The second kappa shape index (κ2) is 5.95. The standard InChI is InChI=1S/C13H19F3N4O/c1-8(2)21-12-10(17)11(18-7-19-12)20-5-3-4-9(6-20)13(14,15)16/h7-9H,3-6,17H2,1-2H3. The molecule has 5 nitrogen and oxygen atoms in total. The van der Waals surface area contributed by atoms with Crippen molar-refractivity contribution in [2.75, 3.05) is 23.7 Å². The van der Waals surface area contributed by atoms with Crippen LogP contribution in [0.15, 0.2) is 6.33 Å². The highest BCUT2D eigenvalue weighted by Crippen LogP contribution is 2.37. The lowest BCUT2D eigenvalue weighted by Gasteiger charge is -2.35. The average molecular weight is 304 g/mol. The van der Waals surface area contributed by atoms with Crippen molar-refractivity contribution in [3.8, 4) is 5.88 Å². The van der Waals surface area contributed by atoms with E-state index in [0.717, 1.165) is 0 Å². The second-order valence-electron chi connectivity index (χ2n) is 5.41. The summed E-state index contributed by atoms with van der Waals surface area (Å²) in [4.78, 5) is 9.52. The van der Waals surface area contributed by atoms with E-state index in [9.17, 15) is 13.2 Å². The van der Waals surface area contributed by atoms with Gasteiger partial charge in [0.2, 0.25) is 5.88 Å². The highest BCUT2D eigenvalue weighted by atomic mass is 19.4. The Kier molecular flexibility index (Phi) is 4.43. The number of rotatable bonds is 3. The van der Waals surface area contributed by atoms with Crippen molar-refractivity contribution in [3.05, 3.63) is 6.33 Å². The monoisotopic (exact) mass is 304 g/mol. The third-order valence-corrected chi connectivity index (χ3v) is 3.36. The molecule has 21 heavy (non-hydrogen) atoms. The molecule has 0 aromatic carbocycles. The summed E-state index contributed by atoms with van der Waals surface area (Å²) in [5, 5.41) is 0. The molecule has 8 heteroatoms. The van der Waals surface area contributed by atoms with Crippen molar-refractivity contribution < 1.29 is 17.9 Å². The van der Waals surface area contributed by atoms with Gasteiger partial charge in [-0.1, -0.05) is 0 Å². The topological polar surface area (TPSA) is 64.3 Å². The Labute approximate surface area is 121 Å². The van der Waals surface area contributed by atoms with E-state index in [2.05, 4.69) is 9.97 Å². The molecule has 0 amide bonds. The molecule has 1 aliphatic rings. The quantitative estimate of drug-likeness (QED) is 0.930. The van der Waals surface area contributed by atoms with Crippen LogP contribution >= 0.6 is 0 Å². The molecule has 118 valence electrons. The smallest absolute Gasteiger partial charge is 0.393 e. The lowest BCUT2D eigenvalue weighted by molar-refractivity contribution is -0.176. The minimum atomic E-state index is -4.20. The molecule has 1 saturated heterocycles. The van der Waals surface area contributed by atoms with Crippen molar-refractivity contribution in [1.29, 1.82) is 0 Å². The van der Waals surface area contributed by atoms with Gasteiger partial charge in [-0.3, -0.25) is 0 Å². The third-order valence-electron chi connectivity index (χ3n) is 3.36. The molecule has 1 aromatic rings. The zero-order valence-electron chi connectivity index (χ0n) is 12.0. The fourth-order valence-corrected chi connectivity index (χ4v) is 2.38. The molecule has 1 atom stereocenters. The fourth-order valence-electron chi connectivity index (χ4n) is 2.38. The molecular formula is C13H19F3N4O. The van der Waals surface area contributed by atoms with Crippen molar-refractivity contribution in [2.24, 2.45) is 5.92 Å². The van der Waals surface area contributed by atoms with Crippen LogP contribution < -0.4 is 15.4 Å². The summed E-state index contributed by atoms with van der Waals surface area (Å²) in [6.07, 6.45) is -2.47. The lowest BCUT2D eigenvalue weighted by atomic mass is 9.97. The highest BCUT2D eigenvalue weighted by Gasteiger charge is 2.42. The Bertz CT molecular complexity index is 493. The Hall–Kier alpha value is -1.73. The van der Waals surface area contributed by atoms with E-state index < -0.39 is 12.1 Å². The third kappa shape index (κ3) is 3.68. The summed E-state index contributed by atoms with van der Waals surface area (Å²) in [7, 11) is 0. The van der Waals surface area contributed by atoms with Crippen molar-refractivity contribution in [2.45, 2.75) is 39.0 Å². The van der Waals surface area contributed by atoms with Gasteiger partial charge in [-0.2, -0.15) is 18.2 Å². The Morgan fingerprint density at radius 3 is 2.71 bits per heavy atom. The molecule has 0 spiro atoms. The van der Waals surface area contributed by atoms with Gasteiger partial charge in [-0.15, -0.1) is 0 Å². The van der Waals surface area contributed by atoms with Gasteiger partial charge >= 0.3 is 6.18 Å². The molecule has 1 aliphatic heterocycles. The number of ether oxygens (including phenoxy) is 1. The normalized spacial score (nSPS) is 19.9. The van der Waals surface area contributed by atoms with E-state index in [1.54, 1.807) is 4.90 Å². The molecule has 0 aliphatic carbocycles. The summed E-state index contributed by atoms with van der Waals surface area (Å²) < 4.78 is 44.0. The van der Waals surface area contributed by atoms with Crippen LogP contribution in [-0.2, 0) is 0 Å². The number of alkyl halides is 3. The van der Waals surface area contributed by atoms with E-state index in [4.69, 9.17) is 10.5 Å². The zero-order valence-corrected chi connectivity index (χ0v) is 12.0. The van der Waals surface area contributed by atoms with Crippen LogP contribution in [0.5, 0.6) is 5.88 Å². The molecule has 1 unspecified atom stereocenters. The molecule has 0 bridgehead atoms. The number of nitrogens with zero attached hydrogens (tertiary/aromatic N) is 3. The van der Waals surface area contributed by atoms with E-state index in [0.29, 0.717) is 18.8 Å². The van der Waals surface area contributed by atoms with Crippen LogP contribution in [0.2, 0.25) is 0 Å². The van der Waals surface area contributed by atoms with Gasteiger partial charge in [0.1, 0.15) is 12.0 Å². The molecule has 2 heterocycles. The van der Waals surface area contributed by atoms with Gasteiger partial charge in [0.15, 0.2) is 5.82 Å². The second-order valence-corrected chi connectivity index (χ2v) is 5.41. The van der Waals surface area contributed by atoms with Crippen LogP contribution in [0.3, 0.4) is 0 Å². The van der Waals surface area contributed by atoms with Crippen molar-refractivity contribution >= 4 is 11.5 Å². The van der Waals surface area contributed by atoms with Gasteiger partial charge < -0.3 is 15.4 Å². The van der Waals surface area contributed by atoms with Crippen molar-refractivity contribution in [3.63, 3.8) is 0 Å². The molecule has 0 saturated carbocycles. The number of nitrogens with two attached hydrogens (primary N) is 1. The number of halogens is 3. The molecule has 0 radical (unpaired) electrons. The first-order valence-corrected chi connectivity index (χ1v) is 6.87. The maximum absolute atomic E-state index is 12.9. The van der Waals surface area contributed by atoms with Crippen LogP contribution in [-0.4, -0.2) is 35.3 Å². The number of hydrogen-bond donors (Lipinski definition) is 1. The Balaban J connectivity index is 2.21. The fraction of sp³-hybridized carbons (Fsp3) is 0.692. The average Bonchev–Trinajstić information content (AvgIpc) is 2.40. The summed E-state index contributed by atoms with van der Waals surface area (Å²) in [6, 6.07) is 0. The van der Waals surface area contributed by atoms with Gasteiger partial charge in [0.25, 0.3) is 0 Å². The minimum Gasteiger partial charge on any atom is -0.473 e. The molecule has 2 N–H and O–H groups in total. The lowest BCUT2D eigenvalue weighted by Crippen LogP contribution is -2.42. The first-order valence-electron chi connectivity index (χ1n) is 6.87. The number of piperidine rings is 1.